The fourth-order valence-electron chi connectivity index (χ4n) is 1.91. The third-order valence-electron chi connectivity index (χ3n) is 2.72. The minimum absolute atomic E-state index is 0.161. The van der Waals surface area contributed by atoms with Gasteiger partial charge in [-0.05, 0) is 19.4 Å². The van der Waals surface area contributed by atoms with Gasteiger partial charge in [0.1, 0.15) is 17.1 Å². The van der Waals surface area contributed by atoms with Crippen molar-refractivity contribution < 1.29 is 9.32 Å². The van der Waals surface area contributed by atoms with Gasteiger partial charge in [-0.15, -0.1) is 0 Å². The molecule has 0 spiro atoms. The standard InChI is InChI=1S/C13H18N4O2/c1-3-4-17-8-10(14)6-12(17)13(18)15-7-11-5-9(2)19-16-11/h5-6,8H,3-4,7,14H2,1-2H3,(H,15,18). The average molecular weight is 262 g/mol. The van der Waals surface area contributed by atoms with Crippen molar-refractivity contribution in [2.75, 3.05) is 5.73 Å². The quantitative estimate of drug-likeness (QED) is 0.858. The van der Waals surface area contributed by atoms with Gasteiger partial charge < -0.3 is 20.1 Å². The zero-order valence-electron chi connectivity index (χ0n) is 11.1. The van der Waals surface area contributed by atoms with Crippen molar-refractivity contribution in [2.45, 2.75) is 33.4 Å². The summed E-state index contributed by atoms with van der Waals surface area (Å²) in [5.74, 6) is 0.564. The number of nitrogens with one attached hydrogen (secondary N) is 1. The summed E-state index contributed by atoms with van der Waals surface area (Å²) in [5.41, 5.74) is 7.59. The molecule has 0 aromatic carbocycles. The highest BCUT2D eigenvalue weighted by atomic mass is 16.5. The predicted molar refractivity (Wildman–Crippen MR) is 71.5 cm³/mol. The molecule has 0 radical (unpaired) electrons. The Kier molecular flexibility index (Phi) is 3.89. The number of amides is 1. The van der Waals surface area contributed by atoms with Gasteiger partial charge in [-0.25, -0.2) is 0 Å². The number of carbonyl (C=O) groups is 1. The van der Waals surface area contributed by atoms with Gasteiger partial charge in [0.15, 0.2) is 0 Å². The van der Waals surface area contributed by atoms with Crippen LogP contribution in [0, 0.1) is 6.92 Å². The van der Waals surface area contributed by atoms with Crippen molar-refractivity contribution in [2.24, 2.45) is 0 Å². The fourth-order valence-corrected chi connectivity index (χ4v) is 1.91. The van der Waals surface area contributed by atoms with E-state index in [1.807, 2.05) is 11.5 Å². The molecule has 2 rings (SSSR count). The number of hydrogen-bond acceptors (Lipinski definition) is 4. The van der Waals surface area contributed by atoms with E-state index in [1.165, 1.54) is 0 Å². The monoisotopic (exact) mass is 262 g/mol. The lowest BCUT2D eigenvalue weighted by Gasteiger charge is -2.07. The summed E-state index contributed by atoms with van der Waals surface area (Å²) in [5, 5.41) is 6.63. The average Bonchev–Trinajstić information content (AvgIpc) is 2.93. The summed E-state index contributed by atoms with van der Waals surface area (Å²) in [6, 6.07) is 3.47. The third-order valence-corrected chi connectivity index (χ3v) is 2.72. The Balaban J connectivity index is 2.03. The number of aromatic nitrogens is 2. The molecule has 0 fully saturated rings. The maximum Gasteiger partial charge on any atom is 0.268 e. The number of rotatable bonds is 5. The summed E-state index contributed by atoms with van der Waals surface area (Å²) >= 11 is 0. The van der Waals surface area contributed by atoms with Gasteiger partial charge >= 0.3 is 0 Å². The smallest absolute Gasteiger partial charge is 0.268 e. The van der Waals surface area contributed by atoms with Crippen molar-refractivity contribution in [1.29, 1.82) is 0 Å². The van der Waals surface area contributed by atoms with Crippen LogP contribution in [0.4, 0.5) is 5.69 Å². The van der Waals surface area contributed by atoms with E-state index in [2.05, 4.69) is 17.4 Å². The molecule has 0 aliphatic rings. The molecule has 6 heteroatoms. The van der Waals surface area contributed by atoms with Crippen molar-refractivity contribution in [1.82, 2.24) is 15.0 Å². The Morgan fingerprint density at radius 1 is 1.53 bits per heavy atom. The lowest BCUT2D eigenvalue weighted by atomic mass is 10.3. The van der Waals surface area contributed by atoms with Crippen LogP contribution in [-0.4, -0.2) is 15.6 Å². The van der Waals surface area contributed by atoms with E-state index in [4.69, 9.17) is 10.3 Å². The first kappa shape index (κ1) is 13.2. The minimum Gasteiger partial charge on any atom is -0.397 e. The Bertz CT molecular complexity index is 571. The Labute approximate surface area is 111 Å². The van der Waals surface area contributed by atoms with Crippen LogP contribution in [0.5, 0.6) is 0 Å². The summed E-state index contributed by atoms with van der Waals surface area (Å²) in [6.45, 7) is 4.97. The van der Waals surface area contributed by atoms with Gasteiger partial charge in [-0.2, -0.15) is 0 Å². The zero-order chi connectivity index (χ0) is 13.8. The van der Waals surface area contributed by atoms with Crippen molar-refractivity contribution >= 4 is 11.6 Å². The van der Waals surface area contributed by atoms with Crippen LogP contribution in [0.25, 0.3) is 0 Å². The first-order valence-electron chi connectivity index (χ1n) is 6.26. The molecule has 102 valence electrons. The maximum absolute atomic E-state index is 12.1. The van der Waals surface area contributed by atoms with Crippen LogP contribution < -0.4 is 11.1 Å². The van der Waals surface area contributed by atoms with Gasteiger partial charge in [0, 0.05) is 18.8 Å². The first-order valence-corrected chi connectivity index (χ1v) is 6.26. The summed E-state index contributed by atoms with van der Waals surface area (Å²) in [6.07, 6.45) is 2.72. The highest BCUT2D eigenvalue weighted by molar-refractivity contribution is 5.93. The van der Waals surface area contributed by atoms with Gasteiger partial charge in [0.2, 0.25) is 0 Å². The van der Waals surface area contributed by atoms with Gasteiger partial charge in [0.05, 0.1) is 12.2 Å². The number of anilines is 1. The highest BCUT2D eigenvalue weighted by Crippen LogP contribution is 2.11. The van der Waals surface area contributed by atoms with Crippen molar-refractivity contribution in [3.63, 3.8) is 0 Å². The number of nitrogens with two attached hydrogens (primary N) is 1. The second-order valence-corrected chi connectivity index (χ2v) is 4.46. The number of hydrogen-bond donors (Lipinski definition) is 2. The van der Waals surface area contributed by atoms with Crippen LogP contribution >= 0.6 is 0 Å². The lowest BCUT2D eigenvalue weighted by Crippen LogP contribution is -2.25. The van der Waals surface area contributed by atoms with Crippen LogP contribution in [0.2, 0.25) is 0 Å². The van der Waals surface area contributed by atoms with Crippen LogP contribution in [0.1, 0.15) is 35.3 Å². The normalized spacial score (nSPS) is 10.6. The number of carbonyl (C=O) groups excluding carboxylic acids is 1. The molecule has 2 heterocycles. The van der Waals surface area contributed by atoms with E-state index >= 15 is 0 Å². The summed E-state index contributed by atoms with van der Waals surface area (Å²) in [4.78, 5) is 12.1. The molecule has 19 heavy (non-hydrogen) atoms. The minimum atomic E-state index is -0.161. The van der Waals surface area contributed by atoms with E-state index in [1.54, 1.807) is 18.3 Å². The van der Waals surface area contributed by atoms with Gasteiger partial charge in [-0.3, -0.25) is 4.79 Å². The summed E-state index contributed by atoms with van der Waals surface area (Å²) < 4.78 is 6.80. The molecule has 2 aromatic rings. The SMILES string of the molecule is CCCn1cc(N)cc1C(=O)NCc1cc(C)on1. The predicted octanol–water partition coefficient (Wildman–Crippen LogP) is 1.71. The van der Waals surface area contributed by atoms with Crippen LogP contribution in [0.3, 0.4) is 0 Å². The Morgan fingerprint density at radius 3 is 2.95 bits per heavy atom. The largest absolute Gasteiger partial charge is 0.397 e. The van der Waals surface area contributed by atoms with Crippen LogP contribution in [0.15, 0.2) is 22.9 Å². The lowest BCUT2D eigenvalue weighted by molar-refractivity contribution is 0.0940. The second kappa shape index (κ2) is 5.60. The first-order chi connectivity index (χ1) is 9.10. The molecule has 0 saturated carbocycles. The Morgan fingerprint density at radius 2 is 2.32 bits per heavy atom. The van der Waals surface area contributed by atoms with Gasteiger partial charge in [-0.1, -0.05) is 12.1 Å². The van der Waals surface area contributed by atoms with Crippen LogP contribution in [-0.2, 0) is 13.1 Å². The fraction of sp³-hybridized carbons (Fsp3) is 0.385. The number of aryl methyl sites for hydroxylation is 2. The summed E-state index contributed by atoms with van der Waals surface area (Å²) in [7, 11) is 0. The highest BCUT2D eigenvalue weighted by Gasteiger charge is 2.12. The molecule has 0 saturated heterocycles. The molecular weight excluding hydrogens is 244 g/mol. The topological polar surface area (TPSA) is 86.1 Å². The molecule has 0 atom stereocenters. The van der Waals surface area contributed by atoms with E-state index in [0.29, 0.717) is 23.6 Å². The van der Waals surface area contributed by atoms with E-state index in [0.717, 1.165) is 18.7 Å². The molecular formula is C13H18N4O2. The van der Waals surface area contributed by atoms with E-state index in [-0.39, 0.29) is 5.91 Å². The number of nitrogens with zero attached hydrogens (tertiary/aromatic N) is 2. The second-order valence-electron chi connectivity index (χ2n) is 4.46. The van der Waals surface area contributed by atoms with Crippen molar-refractivity contribution in [3.05, 3.63) is 35.5 Å². The van der Waals surface area contributed by atoms with E-state index in [9.17, 15) is 4.79 Å². The molecule has 3 N–H and O–H groups in total. The molecule has 1 amide bonds. The third kappa shape index (κ3) is 3.15. The molecule has 0 unspecified atom stereocenters. The molecule has 0 aliphatic carbocycles. The van der Waals surface area contributed by atoms with E-state index < -0.39 is 0 Å². The zero-order valence-corrected chi connectivity index (χ0v) is 11.1. The number of nitrogen functional groups attached to an aromatic ring is 1. The van der Waals surface area contributed by atoms with Gasteiger partial charge in [0.25, 0.3) is 5.91 Å². The molecule has 2 aromatic heterocycles. The van der Waals surface area contributed by atoms with Crippen molar-refractivity contribution in [3.8, 4) is 0 Å². The molecule has 6 nitrogen and oxygen atoms in total. The maximum atomic E-state index is 12.1. The molecule has 0 bridgehead atoms. The molecule has 0 aliphatic heterocycles. The Hall–Kier alpha value is -2.24.